The molecular weight excluding hydrogens is 346 g/mol. The lowest BCUT2D eigenvalue weighted by Crippen LogP contribution is -2.05. The van der Waals surface area contributed by atoms with Crippen molar-refractivity contribution in [2.75, 3.05) is 25.3 Å². The van der Waals surface area contributed by atoms with Crippen molar-refractivity contribution >= 4 is 17.2 Å². The molecule has 0 saturated carbocycles. The molecule has 0 aliphatic carbocycles. The number of hydrogen-bond donors (Lipinski definition) is 2. The molecule has 27 heavy (non-hydrogen) atoms. The fourth-order valence-electron chi connectivity index (χ4n) is 2.82. The van der Waals surface area contributed by atoms with Crippen molar-refractivity contribution in [1.29, 1.82) is 0 Å². The molecule has 0 bridgehead atoms. The van der Waals surface area contributed by atoms with E-state index in [1.807, 2.05) is 30.3 Å². The highest BCUT2D eigenvalue weighted by Crippen LogP contribution is 2.26. The van der Waals surface area contributed by atoms with Gasteiger partial charge in [0.15, 0.2) is 11.4 Å². The van der Waals surface area contributed by atoms with Crippen LogP contribution in [0.25, 0.3) is 17.2 Å². The first-order chi connectivity index (χ1) is 13.2. The Hall–Kier alpha value is -3.68. The Morgan fingerprint density at radius 3 is 2.78 bits per heavy atom. The minimum absolute atomic E-state index is 0.474. The second-order valence-electron chi connectivity index (χ2n) is 5.88. The van der Waals surface area contributed by atoms with Crippen LogP contribution < -0.4 is 20.5 Å². The van der Waals surface area contributed by atoms with Gasteiger partial charge in [0.2, 0.25) is 5.82 Å². The zero-order valence-electron chi connectivity index (χ0n) is 15.0. The second kappa shape index (κ2) is 6.91. The Morgan fingerprint density at radius 1 is 1.15 bits per heavy atom. The number of furan rings is 1. The summed E-state index contributed by atoms with van der Waals surface area (Å²) in [5, 5.41) is 7.73. The summed E-state index contributed by atoms with van der Waals surface area (Å²) in [5.41, 5.74) is 8.59. The van der Waals surface area contributed by atoms with Gasteiger partial charge in [0.05, 0.1) is 20.5 Å². The van der Waals surface area contributed by atoms with Gasteiger partial charge >= 0.3 is 0 Å². The summed E-state index contributed by atoms with van der Waals surface area (Å²) in [5.74, 6) is 3.05. The number of aromatic nitrogens is 3. The summed E-state index contributed by atoms with van der Waals surface area (Å²) in [4.78, 5) is 4.48. The van der Waals surface area contributed by atoms with E-state index in [0.29, 0.717) is 29.6 Å². The zero-order chi connectivity index (χ0) is 18.8. The first-order valence-corrected chi connectivity index (χ1v) is 8.33. The molecule has 3 N–H and O–H groups in total. The third kappa shape index (κ3) is 3.24. The van der Waals surface area contributed by atoms with Crippen molar-refractivity contribution in [3.63, 3.8) is 0 Å². The Bertz CT molecular complexity index is 1070. The molecule has 138 valence electrons. The van der Waals surface area contributed by atoms with E-state index in [1.54, 1.807) is 37.1 Å². The fraction of sp³-hybridized carbons (Fsp3) is 0.158. The molecule has 1 aromatic carbocycles. The smallest absolute Gasteiger partial charge is 0.217 e. The molecular formula is C19H19N5O3. The summed E-state index contributed by atoms with van der Waals surface area (Å²) in [6.07, 6.45) is 1.58. The number of benzene rings is 1. The maximum absolute atomic E-state index is 6.14. The molecule has 4 aromatic rings. The summed E-state index contributed by atoms with van der Waals surface area (Å²) in [7, 11) is 3.26. The number of hydrogen-bond acceptors (Lipinski definition) is 7. The first-order valence-electron chi connectivity index (χ1n) is 8.33. The Morgan fingerprint density at radius 2 is 2.04 bits per heavy atom. The van der Waals surface area contributed by atoms with E-state index in [1.165, 1.54) is 0 Å². The van der Waals surface area contributed by atoms with E-state index < -0.39 is 0 Å². The van der Waals surface area contributed by atoms with Gasteiger partial charge in [-0.2, -0.15) is 4.52 Å². The van der Waals surface area contributed by atoms with Crippen molar-refractivity contribution in [2.24, 2.45) is 0 Å². The average molecular weight is 365 g/mol. The number of nitrogen functional groups attached to an aromatic ring is 1. The van der Waals surface area contributed by atoms with Gasteiger partial charge in [-0.25, -0.2) is 4.98 Å². The highest BCUT2D eigenvalue weighted by Gasteiger charge is 2.12. The minimum atomic E-state index is 0.474. The molecule has 0 amide bonds. The predicted molar refractivity (Wildman–Crippen MR) is 102 cm³/mol. The Labute approximate surface area is 155 Å². The average Bonchev–Trinajstić information content (AvgIpc) is 3.35. The summed E-state index contributed by atoms with van der Waals surface area (Å²) >= 11 is 0. The van der Waals surface area contributed by atoms with Gasteiger partial charge in [0, 0.05) is 36.0 Å². The molecule has 8 heteroatoms. The number of pyridine rings is 1. The van der Waals surface area contributed by atoms with E-state index in [0.717, 1.165) is 22.7 Å². The molecule has 0 atom stereocenters. The van der Waals surface area contributed by atoms with Gasteiger partial charge in [-0.1, -0.05) is 0 Å². The Kier molecular flexibility index (Phi) is 4.29. The quantitative estimate of drug-likeness (QED) is 0.541. The lowest BCUT2D eigenvalue weighted by Gasteiger charge is -2.12. The Balaban J connectivity index is 1.59. The van der Waals surface area contributed by atoms with Crippen molar-refractivity contribution < 1.29 is 13.9 Å². The number of rotatable bonds is 6. The molecule has 0 unspecified atom stereocenters. The van der Waals surface area contributed by atoms with Crippen LogP contribution in [0.15, 0.2) is 53.1 Å². The number of fused-ring (bicyclic) bond motifs is 1. The van der Waals surface area contributed by atoms with Crippen molar-refractivity contribution in [3.05, 3.63) is 54.3 Å². The zero-order valence-corrected chi connectivity index (χ0v) is 15.0. The molecule has 0 aliphatic rings. The molecule has 0 radical (unpaired) electrons. The lowest BCUT2D eigenvalue weighted by molar-refractivity contribution is 0.391. The number of nitrogens with two attached hydrogens (primary N) is 1. The highest BCUT2D eigenvalue weighted by atomic mass is 16.5. The van der Waals surface area contributed by atoms with Crippen molar-refractivity contribution in [1.82, 2.24) is 14.6 Å². The SMILES string of the molecule is COc1ccc(CNc2cc(N)n3nc(-c4ccco4)nc3c2)c(OC)c1. The predicted octanol–water partition coefficient (Wildman–Crippen LogP) is 3.20. The molecule has 3 heterocycles. The van der Waals surface area contributed by atoms with Gasteiger partial charge in [0.1, 0.15) is 17.3 Å². The normalized spacial score (nSPS) is 10.9. The van der Waals surface area contributed by atoms with Crippen LogP contribution in [0.3, 0.4) is 0 Å². The van der Waals surface area contributed by atoms with E-state index in [4.69, 9.17) is 19.6 Å². The summed E-state index contributed by atoms with van der Waals surface area (Å²) in [6.45, 7) is 0.557. The monoisotopic (exact) mass is 365 g/mol. The van der Waals surface area contributed by atoms with Gasteiger partial charge in [-0.15, -0.1) is 5.10 Å². The van der Waals surface area contributed by atoms with Crippen molar-refractivity contribution in [2.45, 2.75) is 6.54 Å². The first kappa shape index (κ1) is 16.8. The topological polar surface area (TPSA) is 99.8 Å². The number of methoxy groups -OCH3 is 2. The van der Waals surface area contributed by atoms with Crippen LogP contribution >= 0.6 is 0 Å². The van der Waals surface area contributed by atoms with Gasteiger partial charge in [-0.3, -0.25) is 0 Å². The maximum atomic E-state index is 6.14. The highest BCUT2D eigenvalue weighted by molar-refractivity contribution is 5.64. The number of nitrogens with zero attached hydrogens (tertiary/aromatic N) is 3. The summed E-state index contributed by atoms with van der Waals surface area (Å²) in [6, 6.07) is 13.0. The fourth-order valence-corrected chi connectivity index (χ4v) is 2.82. The second-order valence-corrected chi connectivity index (χ2v) is 5.88. The van der Waals surface area contributed by atoms with Gasteiger partial charge < -0.3 is 24.9 Å². The number of ether oxygens (including phenoxy) is 2. The number of nitrogens with one attached hydrogen (secondary N) is 1. The van der Waals surface area contributed by atoms with Crippen LogP contribution in [0.2, 0.25) is 0 Å². The minimum Gasteiger partial charge on any atom is -0.497 e. The van der Waals surface area contributed by atoms with Crippen LogP contribution in [0.5, 0.6) is 11.5 Å². The molecule has 0 aliphatic heterocycles. The molecule has 3 aromatic heterocycles. The van der Waals surface area contributed by atoms with E-state index >= 15 is 0 Å². The number of anilines is 2. The third-order valence-corrected chi connectivity index (χ3v) is 4.18. The van der Waals surface area contributed by atoms with E-state index in [9.17, 15) is 0 Å². The van der Waals surface area contributed by atoms with Gasteiger partial charge in [-0.05, 0) is 24.3 Å². The lowest BCUT2D eigenvalue weighted by atomic mass is 10.2. The molecule has 4 rings (SSSR count). The van der Waals surface area contributed by atoms with E-state index in [2.05, 4.69) is 15.4 Å². The van der Waals surface area contributed by atoms with Crippen molar-refractivity contribution in [3.8, 4) is 23.1 Å². The van der Waals surface area contributed by atoms with Crippen LogP contribution in [0.1, 0.15) is 5.56 Å². The standard InChI is InChI=1S/C19H19N5O3/c1-25-14-6-5-12(16(10-14)26-2)11-21-13-8-17(20)24-18(9-13)22-19(23-24)15-4-3-7-27-15/h3-10,21H,11,20H2,1-2H3. The van der Waals surface area contributed by atoms with E-state index in [-0.39, 0.29) is 0 Å². The van der Waals surface area contributed by atoms with Crippen LogP contribution in [0.4, 0.5) is 11.5 Å². The largest absolute Gasteiger partial charge is 0.497 e. The van der Waals surface area contributed by atoms with Crippen LogP contribution in [0, 0.1) is 0 Å². The molecule has 0 spiro atoms. The molecule has 0 fully saturated rings. The molecule has 0 saturated heterocycles. The maximum Gasteiger partial charge on any atom is 0.217 e. The summed E-state index contributed by atoms with van der Waals surface area (Å²) < 4.78 is 17.6. The van der Waals surface area contributed by atoms with Gasteiger partial charge in [0.25, 0.3) is 0 Å². The van der Waals surface area contributed by atoms with Crippen LogP contribution in [-0.4, -0.2) is 28.8 Å². The third-order valence-electron chi connectivity index (χ3n) is 4.18. The molecule has 8 nitrogen and oxygen atoms in total. The van der Waals surface area contributed by atoms with Crippen LogP contribution in [-0.2, 0) is 6.54 Å².